The molecule has 0 amide bonds. The molecule has 1 aromatic rings. The molecule has 0 aliphatic carbocycles. The molecule has 0 saturated carbocycles. The lowest BCUT2D eigenvalue weighted by molar-refractivity contribution is -0.384. The lowest BCUT2D eigenvalue weighted by atomic mass is 10.1. The molecular weight excluding hydrogens is 286 g/mol. The number of hydrogen-bond acceptors (Lipinski definition) is 4. The van der Waals surface area contributed by atoms with E-state index in [1.54, 1.807) is 6.20 Å². The number of nitro groups is 1. The van der Waals surface area contributed by atoms with Gasteiger partial charge in [0.05, 0.1) is 4.92 Å². The monoisotopic (exact) mass is 301 g/mol. The van der Waals surface area contributed by atoms with Crippen LogP contribution in [0.2, 0.25) is 0 Å². The summed E-state index contributed by atoms with van der Waals surface area (Å²) >= 11 is 3.18. The molecule has 0 saturated heterocycles. The summed E-state index contributed by atoms with van der Waals surface area (Å²) in [6.45, 7) is 4.14. The first-order valence-electron chi connectivity index (χ1n) is 5.64. The van der Waals surface area contributed by atoms with Crippen LogP contribution in [0.25, 0.3) is 0 Å². The summed E-state index contributed by atoms with van der Waals surface area (Å²) in [4.78, 5) is 14.6. The Bertz CT molecular complexity index is 398. The van der Waals surface area contributed by atoms with Gasteiger partial charge in [-0.2, -0.15) is 0 Å². The summed E-state index contributed by atoms with van der Waals surface area (Å²) in [6.07, 6.45) is 4.50. The molecule has 1 unspecified atom stereocenters. The molecular formula is C11H16BrN3O2. The Labute approximate surface area is 109 Å². The van der Waals surface area contributed by atoms with Crippen molar-refractivity contribution in [3.05, 3.63) is 26.9 Å². The van der Waals surface area contributed by atoms with Gasteiger partial charge in [0.2, 0.25) is 5.82 Å². The lowest BCUT2D eigenvalue weighted by Gasteiger charge is -2.16. The van der Waals surface area contributed by atoms with Crippen molar-refractivity contribution < 1.29 is 4.92 Å². The molecule has 1 N–H and O–H groups in total. The van der Waals surface area contributed by atoms with Gasteiger partial charge in [0, 0.05) is 22.8 Å². The summed E-state index contributed by atoms with van der Waals surface area (Å²) in [5.74, 6) is 0.346. The first-order valence-corrected chi connectivity index (χ1v) is 6.44. The van der Waals surface area contributed by atoms with E-state index < -0.39 is 4.92 Å². The Hall–Kier alpha value is -1.17. The molecule has 17 heavy (non-hydrogen) atoms. The third-order valence-corrected chi connectivity index (χ3v) is 2.94. The van der Waals surface area contributed by atoms with Crippen molar-refractivity contribution in [3.63, 3.8) is 0 Å². The lowest BCUT2D eigenvalue weighted by Crippen LogP contribution is -2.19. The van der Waals surface area contributed by atoms with Crippen LogP contribution < -0.4 is 5.32 Å². The van der Waals surface area contributed by atoms with Crippen LogP contribution in [0, 0.1) is 10.1 Å². The number of nitrogens with zero attached hydrogens (tertiary/aromatic N) is 2. The molecule has 0 radical (unpaired) electrons. The zero-order valence-corrected chi connectivity index (χ0v) is 11.5. The molecule has 1 atom stereocenters. The number of nitrogens with one attached hydrogen (secondary N) is 1. The molecule has 0 spiro atoms. The topological polar surface area (TPSA) is 68.1 Å². The minimum Gasteiger partial charge on any atom is -0.362 e. The van der Waals surface area contributed by atoms with Crippen LogP contribution >= 0.6 is 15.9 Å². The molecule has 1 rings (SSSR count). The van der Waals surface area contributed by atoms with Gasteiger partial charge in [-0.25, -0.2) is 4.98 Å². The number of aromatic nitrogens is 1. The predicted molar refractivity (Wildman–Crippen MR) is 71.2 cm³/mol. The standard InChI is InChI=1S/C11H16BrN3O2/c1-3-5-9(4-2)14-11-10(15(16)17)6-8(12)7-13-11/h6-7,9H,3-5H2,1-2H3,(H,13,14). The normalized spacial score (nSPS) is 12.2. The van der Waals surface area contributed by atoms with Crippen LogP contribution in [-0.4, -0.2) is 15.9 Å². The van der Waals surface area contributed by atoms with Gasteiger partial charge in [0.1, 0.15) is 0 Å². The van der Waals surface area contributed by atoms with E-state index in [-0.39, 0.29) is 11.7 Å². The van der Waals surface area contributed by atoms with Gasteiger partial charge in [0.15, 0.2) is 0 Å². The molecule has 5 nitrogen and oxygen atoms in total. The summed E-state index contributed by atoms with van der Waals surface area (Å²) < 4.78 is 0.610. The Morgan fingerprint density at radius 2 is 2.29 bits per heavy atom. The van der Waals surface area contributed by atoms with Crippen molar-refractivity contribution in [2.45, 2.75) is 39.2 Å². The van der Waals surface area contributed by atoms with Crippen LogP contribution in [0.1, 0.15) is 33.1 Å². The fraction of sp³-hybridized carbons (Fsp3) is 0.545. The second-order valence-electron chi connectivity index (χ2n) is 3.82. The first kappa shape index (κ1) is 13.9. The zero-order chi connectivity index (χ0) is 12.8. The average Bonchev–Trinajstić information content (AvgIpc) is 2.30. The Morgan fingerprint density at radius 3 is 2.82 bits per heavy atom. The van der Waals surface area contributed by atoms with Crippen molar-refractivity contribution in [2.75, 3.05) is 5.32 Å². The van der Waals surface area contributed by atoms with Crippen molar-refractivity contribution in [3.8, 4) is 0 Å². The number of rotatable bonds is 6. The molecule has 0 aromatic carbocycles. The highest BCUT2D eigenvalue weighted by atomic mass is 79.9. The van der Waals surface area contributed by atoms with Gasteiger partial charge < -0.3 is 5.32 Å². The van der Waals surface area contributed by atoms with Crippen molar-refractivity contribution >= 4 is 27.4 Å². The maximum absolute atomic E-state index is 10.9. The Morgan fingerprint density at radius 1 is 1.59 bits per heavy atom. The summed E-state index contributed by atoms with van der Waals surface area (Å²) in [6, 6.07) is 1.70. The van der Waals surface area contributed by atoms with E-state index in [1.807, 2.05) is 0 Å². The number of halogens is 1. The number of pyridine rings is 1. The smallest absolute Gasteiger partial charge is 0.312 e. The van der Waals surface area contributed by atoms with Crippen molar-refractivity contribution in [1.82, 2.24) is 4.98 Å². The van der Waals surface area contributed by atoms with E-state index >= 15 is 0 Å². The average molecular weight is 302 g/mol. The van der Waals surface area contributed by atoms with Crippen molar-refractivity contribution in [1.29, 1.82) is 0 Å². The highest BCUT2D eigenvalue weighted by molar-refractivity contribution is 9.10. The van der Waals surface area contributed by atoms with Crippen molar-refractivity contribution in [2.24, 2.45) is 0 Å². The predicted octanol–water partition coefficient (Wildman–Crippen LogP) is 3.74. The fourth-order valence-electron chi connectivity index (χ4n) is 1.60. The van der Waals surface area contributed by atoms with Crippen LogP contribution in [-0.2, 0) is 0 Å². The van der Waals surface area contributed by atoms with E-state index in [9.17, 15) is 10.1 Å². The van der Waals surface area contributed by atoms with Gasteiger partial charge >= 0.3 is 5.69 Å². The van der Waals surface area contributed by atoms with E-state index in [0.29, 0.717) is 10.3 Å². The maximum atomic E-state index is 10.9. The first-order chi connectivity index (χ1) is 8.08. The van der Waals surface area contributed by atoms with Crippen LogP contribution in [0.15, 0.2) is 16.7 Å². The molecule has 0 fully saturated rings. The molecule has 1 heterocycles. The Balaban J connectivity index is 2.92. The quantitative estimate of drug-likeness (QED) is 0.642. The third kappa shape index (κ3) is 3.96. The van der Waals surface area contributed by atoms with Gasteiger partial charge in [-0.15, -0.1) is 0 Å². The fourth-order valence-corrected chi connectivity index (χ4v) is 1.92. The van der Waals surface area contributed by atoms with Gasteiger partial charge in [0.25, 0.3) is 0 Å². The van der Waals surface area contributed by atoms with Crippen LogP contribution in [0.4, 0.5) is 11.5 Å². The van der Waals surface area contributed by atoms with Gasteiger partial charge in [-0.1, -0.05) is 20.3 Å². The van der Waals surface area contributed by atoms with E-state index in [4.69, 9.17) is 0 Å². The van der Waals surface area contributed by atoms with Crippen LogP contribution in [0.3, 0.4) is 0 Å². The van der Waals surface area contributed by atoms with E-state index in [2.05, 4.69) is 40.1 Å². The highest BCUT2D eigenvalue weighted by Gasteiger charge is 2.18. The second-order valence-corrected chi connectivity index (χ2v) is 4.73. The molecule has 0 aliphatic rings. The third-order valence-electron chi connectivity index (χ3n) is 2.50. The molecule has 6 heteroatoms. The largest absolute Gasteiger partial charge is 0.362 e. The molecule has 1 aromatic heterocycles. The minimum absolute atomic E-state index is 0.00827. The maximum Gasteiger partial charge on any atom is 0.312 e. The second kappa shape index (κ2) is 6.54. The van der Waals surface area contributed by atoms with E-state index in [1.165, 1.54) is 6.07 Å². The molecule has 0 bridgehead atoms. The van der Waals surface area contributed by atoms with Gasteiger partial charge in [-0.05, 0) is 28.8 Å². The minimum atomic E-state index is -0.418. The summed E-state index contributed by atoms with van der Waals surface area (Å²) in [7, 11) is 0. The van der Waals surface area contributed by atoms with Gasteiger partial charge in [-0.3, -0.25) is 10.1 Å². The number of hydrogen-bond donors (Lipinski definition) is 1. The zero-order valence-electron chi connectivity index (χ0n) is 9.94. The number of anilines is 1. The Kier molecular flexibility index (Phi) is 5.34. The van der Waals surface area contributed by atoms with E-state index in [0.717, 1.165) is 19.3 Å². The van der Waals surface area contributed by atoms with Crippen LogP contribution in [0.5, 0.6) is 0 Å². The highest BCUT2D eigenvalue weighted by Crippen LogP contribution is 2.26. The molecule has 94 valence electrons. The molecule has 0 aliphatic heterocycles. The summed E-state index contributed by atoms with van der Waals surface area (Å²) in [5, 5.41) is 14.0. The summed E-state index contributed by atoms with van der Waals surface area (Å²) in [5.41, 5.74) is 0.00827. The SMILES string of the molecule is CCCC(CC)Nc1ncc(Br)cc1[N+](=O)[O-].